The Balaban J connectivity index is 0.000000140. The molecule has 0 atom stereocenters. The van der Waals surface area contributed by atoms with E-state index in [9.17, 15) is 9.59 Å². The van der Waals surface area contributed by atoms with Gasteiger partial charge < -0.3 is 16.4 Å². The van der Waals surface area contributed by atoms with Crippen molar-refractivity contribution in [2.24, 2.45) is 0 Å². The number of benzene rings is 1. The van der Waals surface area contributed by atoms with E-state index in [1.807, 2.05) is 42.5 Å². The number of aromatic nitrogens is 18. The minimum Gasteiger partial charge on any atom is -0.397 e. The molecule has 0 saturated carbocycles. The molecular formula is C45H33N21O2. The van der Waals surface area contributed by atoms with Crippen molar-refractivity contribution in [3.8, 4) is 69.1 Å². The molecule has 0 aliphatic heterocycles. The molecule has 9 aromatic heterocycles. The maximum absolute atomic E-state index is 12.2. The highest BCUT2D eigenvalue weighted by atomic mass is 16.2. The minimum atomic E-state index is -0.204. The van der Waals surface area contributed by atoms with Gasteiger partial charge in [-0.25, -0.2) is 0 Å². The van der Waals surface area contributed by atoms with Crippen LogP contribution in [0.1, 0.15) is 17.3 Å². The molecule has 0 aliphatic carbocycles. The monoisotopic (exact) mass is 899 g/mol. The summed E-state index contributed by atoms with van der Waals surface area (Å²) in [5.74, 6) is 1.63. The highest BCUT2D eigenvalue weighted by molar-refractivity contribution is 6.04. The van der Waals surface area contributed by atoms with Crippen LogP contribution in [0, 0.1) is 0 Å². The number of hydrogen-bond donors (Lipinski definition) is 3. The first-order valence-electron chi connectivity index (χ1n) is 20.1. The lowest BCUT2D eigenvalue weighted by Gasteiger charge is -2.05. The molecule has 0 radical (unpaired) electrons. The van der Waals surface area contributed by atoms with Crippen molar-refractivity contribution in [1.82, 2.24) is 91.1 Å². The van der Waals surface area contributed by atoms with Crippen molar-refractivity contribution < 1.29 is 9.59 Å². The average molecular weight is 900 g/mol. The number of carbonyl (C=O) groups is 2. The van der Waals surface area contributed by atoms with E-state index in [4.69, 9.17) is 5.73 Å². The Bertz CT molecular complexity index is 3160. The highest BCUT2D eigenvalue weighted by Crippen LogP contribution is 2.18. The second-order valence-electron chi connectivity index (χ2n) is 13.6. The van der Waals surface area contributed by atoms with Crippen LogP contribution in [-0.4, -0.2) is 103 Å². The molecule has 330 valence electrons. The molecule has 23 nitrogen and oxygen atoms in total. The van der Waals surface area contributed by atoms with Crippen molar-refractivity contribution in [1.29, 1.82) is 0 Å². The lowest BCUT2D eigenvalue weighted by atomic mass is 10.2. The Hall–Kier alpha value is -10.3. The zero-order valence-corrected chi connectivity index (χ0v) is 35.5. The van der Waals surface area contributed by atoms with Crippen LogP contribution in [-0.2, 0) is 4.79 Å². The van der Waals surface area contributed by atoms with Gasteiger partial charge in [0, 0.05) is 31.1 Å². The van der Waals surface area contributed by atoms with Crippen LogP contribution in [0.4, 0.5) is 17.1 Å². The van der Waals surface area contributed by atoms with Crippen LogP contribution in [0.3, 0.4) is 0 Å². The molecule has 0 fully saturated rings. The van der Waals surface area contributed by atoms with Crippen LogP contribution < -0.4 is 16.4 Å². The Morgan fingerprint density at radius 1 is 0.368 bits per heavy atom. The van der Waals surface area contributed by atoms with E-state index in [0.29, 0.717) is 85.9 Å². The van der Waals surface area contributed by atoms with Crippen LogP contribution in [0.25, 0.3) is 69.1 Å². The van der Waals surface area contributed by atoms with Crippen molar-refractivity contribution in [3.05, 3.63) is 164 Å². The molecule has 2 amide bonds. The van der Waals surface area contributed by atoms with Gasteiger partial charge in [0.15, 0.2) is 0 Å². The summed E-state index contributed by atoms with van der Waals surface area (Å²) in [6.07, 6.45) is 9.55. The topological polar surface area (TPSA) is 316 Å². The first-order chi connectivity index (χ1) is 33.3. The molecule has 0 bridgehead atoms. The predicted octanol–water partition coefficient (Wildman–Crippen LogP) is 4.96. The lowest BCUT2D eigenvalue weighted by molar-refractivity contribution is -0.114. The van der Waals surface area contributed by atoms with Gasteiger partial charge in [-0.1, -0.05) is 36.4 Å². The summed E-state index contributed by atoms with van der Waals surface area (Å²) >= 11 is 0. The molecule has 0 unspecified atom stereocenters. The number of nitrogens with two attached hydrogens (primary N) is 1. The predicted molar refractivity (Wildman–Crippen MR) is 245 cm³/mol. The van der Waals surface area contributed by atoms with Crippen LogP contribution in [0.5, 0.6) is 0 Å². The summed E-state index contributed by atoms with van der Waals surface area (Å²) in [4.78, 5) is 48.0. The molecule has 0 saturated heterocycles. The zero-order chi connectivity index (χ0) is 46.9. The number of carbonyl (C=O) groups excluding carboxylic acids is 2. The zero-order valence-electron chi connectivity index (χ0n) is 35.5. The molecule has 10 rings (SSSR count). The van der Waals surface area contributed by atoms with Gasteiger partial charge in [0.25, 0.3) is 5.91 Å². The van der Waals surface area contributed by atoms with Gasteiger partial charge in [0.05, 0.1) is 35.7 Å². The van der Waals surface area contributed by atoms with Crippen molar-refractivity contribution in [2.45, 2.75) is 6.92 Å². The summed E-state index contributed by atoms with van der Waals surface area (Å²) < 4.78 is 0. The Morgan fingerprint density at radius 3 is 1.01 bits per heavy atom. The number of rotatable bonds is 9. The SMILES string of the molecule is CC(=O)Nc1ccc(-c2nnc(-c3ccccn3)nn2)nc1.Nc1ccc(-c2nnc(-c3ccccn3)nn2)nc1.O=C(Nc1ccc(-c2nnc(-c3ccccn3)nn2)nc1)c1ccccc1. The van der Waals surface area contributed by atoms with E-state index in [0.717, 1.165) is 0 Å². The summed E-state index contributed by atoms with van der Waals surface area (Å²) in [6, 6.07) is 35.5. The second kappa shape index (κ2) is 21.8. The number of hydrogen-bond acceptors (Lipinski definition) is 21. The highest BCUT2D eigenvalue weighted by Gasteiger charge is 2.12. The van der Waals surface area contributed by atoms with Crippen LogP contribution >= 0.6 is 0 Å². The molecule has 0 aliphatic rings. The van der Waals surface area contributed by atoms with E-state index >= 15 is 0 Å². The normalized spacial score (nSPS) is 10.3. The summed E-state index contributed by atoms with van der Waals surface area (Å²) in [5, 5.41) is 53.6. The third-order valence-corrected chi connectivity index (χ3v) is 8.73. The van der Waals surface area contributed by atoms with E-state index in [-0.39, 0.29) is 17.6 Å². The summed E-state index contributed by atoms with van der Waals surface area (Å²) in [5.41, 5.74) is 11.3. The van der Waals surface area contributed by atoms with Crippen LogP contribution in [0.2, 0.25) is 0 Å². The first kappa shape index (κ1) is 44.3. The summed E-state index contributed by atoms with van der Waals surface area (Å²) in [6.45, 7) is 1.43. The number of amides is 2. The maximum Gasteiger partial charge on any atom is 0.255 e. The van der Waals surface area contributed by atoms with Gasteiger partial charge in [-0.3, -0.25) is 39.5 Å². The Labute approximate surface area is 385 Å². The average Bonchev–Trinajstić information content (AvgIpc) is 3.41. The standard InChI is InChI=1S/C19H13N7O.C14H11N7O.C12H9N7/c27-19(13-6-2-1-3-7-13)22-14-9-10-16(21-12-14)18-25-23-17(24-26-18)15-8-4-5-11-20-15;1-9(22)17-10-5-6-12(16-8-10)14-20-18-13(19-21-14)11-4-2-3-7-15-11;13-8-4-5-10(15-7-8)12-18-16-11(17-19-12)9-3-1-2-6-14-9/h1-12H,(H,22,27);2-8H,1H3,(H,17,22);1-7H,13H2. The van der Waals surface area contributed by atoms with Crippen molar-refractivity contribution in [2.75, 3.05) is 16.4 Å². The molecule has 4 N–H and O–H groups in total. The van der Waals surface area contributed by atoms with Crippen LogP contribution in [0.15, 0.2) is 159 Å². The van der Waals surface area contributed by atoms with Gasteiger partial charge in [0.2, 0.25) is 40.9 Å². The van der Waals surface area contributed by atoms with Gasteiger partial charge >= 0.3 is 0 Å². The number of anilines is 3. The first-order valence-corrected chi connectivity index (χ1v) is 20.1. The molecule has 23 heteroatoms. The Kier molecular flexibility index (Phi) is 14.2. The number of pyridine rings is 6. The molecular weight excluding hydrogens is 867 g/mol. The molecule has 0 spiro atoms. The van der Waals surface area contributed by atoms with E-state index in [2.05, 4.69) is 102 Å². The van der Waals surface area contributed by atoms with Gasteiger partial charge in [-0.2, -0.15) is 0 Å². The Morgan fingerprint density at radius 2 is 0.706 bits per heavy atom. The molecule has 9 heterocycles. The van der Waals surface area contributed by atoms with Gasteiger partial charge in [-0.15, -0.1) is 61.2 Å². The van der Waals surface area contributed by atoms with E-state index in [1.165, 1.54) is 25.5 Å². The quantitative estimate of drug-likeness (QED) is 0.172. The molecule has 10 aromatic rings. The minimum absolute atomic E-state index is 0.158. The van der Waals surface area contributed by atoms with Crippen molar-refractivity contribution in [3.63, 3.8) is 0 Å². The summed E-state index contributed by atoms with van der Waals surface area (Å²) in [7, 11) is 0. The fraction of sp³-hybridized carbons (Fsp3) is 0.0222. The largest absolute Gasteiger partial charge is 0.397 e. The van der Waals surface area contributed by atoms with E-state index in [1.54, 1.807) is 97.5 Å². The third-order valence-electron chi connectivity index (χ3n) is 8.73. The smallest absolute Gasteiger partial charge is 0.255 e. The third kappa shape index (κ3) is 12.0. The molecule has 1 aromatic carbocycles. The number of nitrogen functional groups attached to an aromatic ring is 1. The van der Waals surface area contributed by atoms with Crippen molar-refractivity contribution >= 4 is 28.9 Å². The lowest BCUT2D eigenvalue weighted by Crippen LogP contribution is -2.11. The fourth-order valence-corrected chi connectivity index (χ4v) is 5.52. The number of nitrogens with zero attached hydrogens (tertiary/aromatic N) is 18. The van der Waals surface area contributed by atoms with Gasteiger partial charge in [0.1, 0.15) is 34.2 Å². The molecule has 68 heavy (non-hydrogen) atoms. The van der Waals surface area contributed by atoms with Gasteiger partial charge in [-0.05, 0) is 84.9 Å². The fourth-order valence-electron chi connectivity index (χ4n) is 5.52. The second-order valence-corrected chi connectivity index (χ2v) is 13.6. The maximum atomic E-state index is 12.2. The number of nitrogens with one attached hydrogen (secondary N) is 2. The van der Waals surface area contributed by atoms with E-state index < -0.39 is 0 Å².